The lowest BCUT2D eigenvalue weighted by Gasteiger charge is -2.17. The van der Waals surface area contributed by atoms with Crippen LogP contribution in [0.25, 0.3) is 0 Å². The van der Waals surface area contributed by atoms with Crippen molar-refractivity contribution in [3.05, 3.63) is 24.3 Å². The smallest absolute Gasteiger partial charge is 0.341 e. The number of rotatable bonds is 6. The van der Waals surface area contributed by atoms with E-state index in [-0.39, 0.29) is 10.6 Å². The van der Waals surface area contributed by atoms with Crippen molar-refractivity contribution in [2.75, 3.05) is 31.5 Å². The van der Waals surface area contributed by atoms with E-state index in [0.29, 0.717) is 6.54 Å². The van der Waals surface area contributed by atoms with Crippen LogP contribution in [-0.4, -0.2) is 45.3 Å². The molecule has 20 heavy (non-hydrogen) atoms. The van der Waals surface area contributed by atoms with Gasteiger partial charge in [-0.1, -0.05) is 12.1 Å². The molecule has 0 aromatic heterocycles. The van der Waals surface area contributed by atoms with Crippen molar-refractivity contribution in [3.63, 3.8) is 0 Å². The molecule has 112 valence electrons. The molecule has 7 heteroatoms. The minimum Gasteiger partial charge on any atom is -0.383 e. The van der Waals surface area contributed by atoms with E-state index >= 15 is 0 Å². The molecule has 0 radical (unpaired) electrons. The van der Waals surface area contributed by atoms with Crippen molar-refractivity contribution < 1.29 is 17.2 Å². The zero-order valence-electron chi connectivity index (χ0n) is 11.1. The van der Waals surface area contributed by atoms with Crippen molar-refractivity contribution in [1.82, 2.24) is 4.90 Å². The molecule has 1 saturated heterocycles. The summed E-state index contributed by atoms with van der Waals surface area (Å²) in [5.41, 5.74) is 0.243. The van der Waals surface area contributed by atoms with Gasteiger partial charge in [0.05, 0.1) is 10.6 Å². The highest BCUT2D eigenvalue weighted by Crippen LogP contribution is 2.25. The number of benzene rings is 1. The van der Waals surface area contributed by atoms with Crippen molar-refractivity contribution in [2.45, 2.75) is 23.5 Å². The maximum atomic E-state index is 12.6. The van der Waals surface area contributed by atoms with E-state index in [0.717, 1.165) is 19.6 Å². The lowest BCUT2D eigenvalue weighted by atomic mass is 10.3. The van der Waals surface area contributed by atoms with Crippen LogP contribution in [0.15, 0.2) is 29.2 Å². The maximum Gasteiger partial charge on any atom is 0.341 e. The van der Waals surface area contributed by atoms with Crippen molar-refractivity contribution in [3.8, 4) is 0 Å². The second kappa shape index (κ2) is 6.49. The van der Waals surface area contributed by atoms with Gasteiger partial charge in [-0.2, -0.15) is 8.78 Å². The Bertz CT molecular complexity index is 543. The van der Waals surface area contributed by atoms with E-state index in [1.807, 2.05) is 0 Å². The van der Waals surface area contributed by atoms with Gasteiger partial charge in [-0.3, -0.25) is 0 Å². The number of hydrogen-bond donors (Lipinski definition) is 1. The van der Waals surface area contributed by atoms with Crippen LogP contribution in [0.5, 0.6) is 0 Å². The minimum atomic E-state index is -4.57. The number of anilines is 1. The Morgan fingerprint density at radius 3 is 2.50 bits per heavy atom. The molecule has 0 unspecified atom stereocenters. The summed E-state index contributed by atoms with van der Waals surface area (Å²) in [6.45, 7) is 3.40. The monoisotopic (exact) mass is 304 g/mol. The summed E-state index contributed by atoms with van der Waals surface area (Å²) in [6, 6.07) is 5.79. The van der Waals surface area contributed by atoms with Crippen LogP contribution < -0.4 is 5.32 Å². The second-order valence-electron chi connectivity index (χ2n) is 4.78. The summed E-state index contributed by atoms with van der Waals surface area (Å²) in [4.78, 5) is 1.92. The number of likely N-dealkylation sites (tertiary alicyclic amines) is 1. The number of nitrogens with zero attached hydrogens (tertiary/aromatic N) is 1. The molecule has 1 aromatic carbocycles. The molecule has 1 aliphatic rings. The molecule has 1 fully saturated rings. The fourth-order valence-corrected chi connectivity index (χ4v) is 3.22. The predicted octanol–water partition coefficient (Wildman–Crippen LogP) is 2.19. The number of hydrogen-bond acceptors (Lipinski definition) is 4. The Kier molecular flexibility index (Phi) is 4.93. The fourth-order valence-electron chi connectivity index (χ4n) is 2.31. The van der Waals surface area contributed by atoms with Gasteiger partial charge < -0.3 is 10.2 Å². The van der Waals surface area contributed by atoms with Gasteiger partial charge in [0, 0.05) is 13.1 Å². The van der Waals surface area contributed by atoms with Gasteiger partial charge in [0.15, 0.2) is 0 Å². The van der Waals surface area contributed by atoms with Gasteiger partial charge >= 0.3 is 5.76 Å². The Hall–Kier alpha value is -1.21. The third-order valence-electron chi connectivity index (χ3n) is 3.37. The number of sulfone groups is 1. The minimum absolute atomic E-state index is 0.243. The summed E-state index contributed by atoms with van der Waals surface area (Å²) in [5, 5.41) is 2.95. The molecule has 0 bridgehead atoms. The number of para-hydroxylation sites is 1. The molecular weight excluding hydrogens is 286 g/mol. The molecular formula is C13H18F2N2O2S. The fraction of sp³-hybridized carbons (Fsp3) is 0.538. The highest BCUT2D eigenvalue weighted by molar-refractivity contribution is 7.91. The molecule has 1 aromatic rings. The zero-order valence-corrected chi connectivity index (χ0v) is 11.9. The molecule has 0 amide bonds. The standard InChI is InChI=1S/C13H18F2N2O2S/c14-13(15)20(18,19)12-6-2-1-5-11(12)16-7-10-17-8-3-4-9-17/h1-2,5-6,13,16H,3-4,7-10H2. The SMILES string of the molecule is O=S(=O)(c1ccccc1NCCN1CCCC1)C(F)F. The molecule has 4 nitrogen and oxygen atoms in total. The van der Waals surface area contributed by atoms with Gasteiger partial charge in [0.2, 0.25) is 9.84 Å². The molecule has 0 saturated carbocycles. The highest BCUT2D eigenvalue weighted by Gasteiger charge is 2.28. The largest absolute Gasteiger partial charge is 0.383 e. The average molecular weight is 304 g/mol. The summed E-state index contributed by atoms with van der Waals surface area (Å²) >= 11 is 0. The number of halogens is 2. The van der Waals surface area contributed by atoms with Gasteiger partial charge in [-0.25, -0.2) is 8.42 Å². The van der Waals surface area contributed by atoms with Gasteiger partial charge in [0.1, 0.15) is 0 Å². The molecule has 0 spiro atoms. The highest BCUT2D eigenvalue weighted by atomic mass is 32.2. The first-order valence-electron chi connectivity index (χ1n) is 6.59. The lowest BCUT2D eigenvalue weighted by Crippen LogP contribution is -2.26. The van der Waals surface area contributed by atoms with Crippen LogP contribution in [0.1, 0.15) is 12.8 Å². The summed E-state index contributed by atoms with van der Waals surface area (Å²) < 4.78 is 48.4. The van der Waals surface area contributed by atoms with Crippen LogP contribution in [0.3, 0.4) is 0 Å². The third-order valence-corrected chi connectivity index (χ3v) is 4.81. The lowest BCUT2D eigenvalue weighted by molar-refractivity contribution is 0.235. The second-order valence-corrected chi connectivity index (χ2v) is 6.66. The van der Waals surface area contributed by atoms with Gasteiger partial charge in [0.25, 0.3) is 0 Å². The van der Waals surface area contributed by atoms with E-state index < -0.39 is 15.6 Å². The summed E-state index contributed by atoms with van der Waals surface area (Å²) in [7, 11) is -4.57. The van der Waals surface area contributed by atoms with Crippen LogP contribution in [0.2, 0.25) is 0 Å². The average Bonchev–Trinajstić information content (AvgIpc) is 2.92. The van der Waals surface area contributed by atoms with E-state index in [2.05, 4.69) is 10.2 Å². The Balaban J connectivity index is 2.04. The molecule has 2 rings (SSSR count). The van der Waals surface area contributed by atoms with Crippen LogP contribution in [0, 0.1) is 0 Å². The van der Waals surface area contributed by atoms with Crippen molar-refractivity contribution in [1.29, 1.82) is 0 Å². The topological polar surface area (TPSA) is 49.4 Å². The van der Waals surface area contributed by atoms with E-state index in [9.17, 15) is 17.2 Å². The zero-order chi connectivity index (χ0) is 14.6. The van der Waals surface area contributed by atoms with E-state index in [1.165, 1.54) is 31.0 Å². The first kappa shape index (κ1) is 15.2. The third kappa shape index (κ3) is 3.46. The molecule has 1 aliphatic heterocycles. The van der Waals surface area contributed by atoms with E-state index in [4.69, 9.17) is 0 Å². The normalized spacial score (nSPS) is 16.8. The van der Waals surface area contributed by atoms with Crippen LogP contribution in [0.4, 0.5) is 14.5 Å². The predicted molar refractivity (Wildman–Crippen MR) is 73.8 cm³/mol. The Morgan fingerprint density at radius 2 is 1.85 bits per heavy atom. The summed E-state index contributed by atoms with van der Waals surface area (Å²) in [5.74, 6) is -3.40. The Labute approximate surface area is 117 Å². The quantitative estimate of drug-likeness (QED) is 0.875. The van der Waals surface area contributed by atoms with Gasteiger partial charge in [-0.05, 0) is 38.1 Å². The van der Waals surface area contributed by atoms with Crippen LogP contribution >= 0.6 is 0 Å². The molecule has 1 N–H and O–H groups in total. The molecule has 1 heterocycles. The first-order valence-corrected chi connectivity index (χ1v) is 8.14. The molecule has 0 aliphatic carbocycles. The Morgan fingerprint density at radius 1 is 1.20 bits per heavy atom. The summed E-state index contributed by atoms with van der Waals surface area (Å²) in [6.07, 6.45) is 2.35. The van der Waals surface area contributed by atoms with Gasteiger partial charge in [-0.15, -0.1) is 0 Å². The number of alkyl halides is 2. The number of nitrogens with one attached hydrogen (secondary N) is 1. The van der Waals surface area contributed by atoms with Crippen molar-refractivity contribution in [2.24, 2.45) is 0 Å². The van der Waals surface area contributed by atoms with E-state index in [1.54, 1.807) is 6.07 Å². The molecule has 0 atom stereocenters. The maximum absolute atomic E-state index is 12.6. The first-order chi connectivity index (χ1) is 9.51. The van der Waals surface area contributed by atoms with Crippen LogP contribution in [-0.2, 0) is 9.84 Å². The van der Waals surface area contributed by atoms with Crippen molar-refractivity contribution >= 4 is 15.5 Å².